The van der Waals surface area contributed by atoms with Crippen molar-refractivity contribution in [3.63, 3.8) is 0 Å². The molecule has 1 heterocycles. The molecule has 0 fully saturated rings. The number of imide groups is 1. The number of carbonyl (C=O) groups is 2. The summed E-state index contributed by atoms with van der Waals surface area (Å²) in [6.45, 7) is 0. The molecule has 0 unspecified atom stereocenters. The summed E-state index contributed by atoms with van der Waals surface area (Å²) in [7, 11) is 3.95. The van der Waals surface area contributed by atoms with Crippen molar-refractivity contribution in [2.24, 2.45) is 0 Å². The minimum atomic E-state index is -0.361. The van der Waals surface area contributed by atoms with E-state index < -0.39 is 0 Å². The third-order valence-electron chi connectivity index (χ3n) is 3.65. The minimum absolute atomic E-state index is 0.347. The molecule has 4 nitrogen and oxygen atoms in total. The summed E-state index contributed by atoms with van der Waals surface area (Å²) in [5.41, 5.74) is 3.71. The van der Waals surface area contributed by atoms with Crippen LogP contribution < -0.4 is 10.2 Å². The molecule has 0 atom stereocenters. The fraction of sp³-hybridized carbons (Fsp3) is 0.111. The predicted octanol–water partition coefficient (Wildman–Crippen LogP) is 2.56. The second kappa shape index (κ2) is 5.48. The highest BCUT2D eigenvalue weighted by atomic mass is 16.2. The summed E-state index contributed by atoms with van der Waals surface area (Å²) < 4.78 is 0. The summed E-state index contributed by atoms with van der Waals surface area (Å²) in [5.74, 6) is -0.707. The van der Waals surface area contributed by atoms with Crippen molar-refractivity contribution >= 4 is 29.2 Å². The summed E-state index contributed by atoms with van der Waals surface area (Å²) >= 11 is 0. The van der Waals surface area contributed by atoms with Crippen LogP contribution >= 0.6 is 0 Å². The first kappa shape index (κ1) is 14.1. The zero-order chi connectivity index (χ0) is 15.7. The first-order chi connectivity index (χ1) is 10.6. The summed E-state index contributed by atoms with van der Waals surface area (Å²) in [6.07, 6.45) is 1.81. The lowest BCUT2D eigenvalue weighted by Gasteiger charge is -2.18. The average molecular weight is 292 g/mol. The van der Waals surface area contributed by atoms with Crippen molar-refractivity contribution in [3.8, 4) is 0 Å². The van der Waals surface area contributed by atoms with Gasteiger partial charge in [0.2, 0.25) is 0 Å². The van der Waals surface area contributed by atoms with Gasteiger partial charge in [0, 0.05) is 30.9 Å². The molecule has 2 amide bonds. The average Bonchev–Trinajstić information content (AvgIpc) is 2.52. The van der Waals surface area contributed by atoms with E-state index in [-0.39, 0.29) is 11.8 Å². The Labute approximate surface area is 129 Å². The molecule has 0 spiro atoms. The van der Waals surface area contributed by atoms with E-state index in [1.807, 2.05) is 49.3 Å². The van der Waals surface area contributed by atoms with Crippen LogP contribution in [0.2, 0.25) is 0 Å². The number of nitrogens with zero attached hydrogens (tertiary/aromatic N) is 1. The number of anilines is 1. The van der Waals surface area contributed by atoms with Crippen LogP contribution in [-0.2, 0) is 4.79 Å². The lowest BCUT2D eigenvalue weighted by molar-refractivity contribution is -0.114. The van der Waals surface area contributed by atoms with Crippen LogP contribution in [-0.4, -0.2) is 25.9 Å². The van der Waals surface area contributed by atoms with Gasteiger partial charge in [0.15, 0.2) is 0 Å². The van der Waals surface area contributed by atoms with Crippen LogP contribution in [0.3, 0.4) is 0 Å². The van der Waals surface area contributed by atoms with Crippen molar-refractivity contribution in [1.82, 2.24) is 5.32 Å². The Hall–Kier alpha value is -2.88. The van der Waals surface area contributed by atoms with Crippen molar-refractivity contribution in [2.45, 2.75) is 0 Å². The molecule has 2 aromatic rings. The van der Waals surface area contributed by atoms with E-state index in [0.717, 1.165) is 11.3 Å². The van der Waals surface area contributed by atoms with E-state index in [2.05, 4.69) is 5.32 Å². The van der Waals surface area contributed by atoms with Gasteiger partial charge >= 0.3 is 0 Å². The van der Waals surface area contributed by atoms with Gasteiger partial charge in [-0.2, -0.15) is 0 Å². The Kier molecular flexibility index (Phi) is 3.51. The van der Waals surface area contributed by atoms with Crippen molar-refractivity contribution in [3.05, 3.63) is 65.2 Å². The number of rotatable bonds is 2. The van der Waals surface area contributed by atoms with Crippen LogP contribution in [0.4, 0.5) is 5.69 Å². The molecule has 1 aliphatic rings. The highest BCUT2D eigenvalue weighted by Crippen LogP contribution is 2.26. The van der Waals surface area contributed by atoms with E-state index in [4.69, 9.17) is 0 Å². The van der Waals surface area contributed by atoms with Gasteiger partial charge in [-0.25, -0.2) is 0 Å². The molecule has 22 heavy (non-hydrogen) atoms. The second-order valence-electron chi connectivity index (χ2n) is 5.37. The maximum absolute atomic E-state index is 12.1. The third kappa shape index (κ3) is 2.51. The SMILES string of the molecule is CN(C)c1ccc(/C=C2\C(=O)NC(=O)c3ccccc32)cc1. The van der Waals surface area contributed by atoms with Crippen molar-refractivity contribution < 1.29 is 9.59 Å². The maximum Gasteiger partial charge on any atom is 0.258 e. The van der Waals surface area contributed by atoms with E-state index in [1.165, 1.54) is 0 Å². The van der Waals surface area contributed by atoms with Crippen LogP contribution in [0.15, 0.2) is 48.5 Å². The number of nitrogens with one attached hydrogen (secondary N) is 1. The van der Waals surface area contributed by atoms with Gasteiger partial charge in [-0.15, -0.1) is 0 Å². The highest BCUT2D eigenvalue weighted by Gasteiger charge is 2.26. The topological polar surface area (TPSA) is 49.4 Å². The summed E-state index contributed by atoms with van der Waals surface area (Å²) in [6, 6.07) is 15.0. The van der Waals surface area contributed by atoms with E-state index in [1.54, 1.807) is 24.3 Å². The van der Waals surface area contributed by atoms with Gasteiger partial charge in [-0.1, -0.05) is 30.3 Å². The molecule has 0 aliphatic carbocycles. The van der Waals surface area contributed by atoms with E-state index in [0.29, 0.717) is 16.7 Å². The Morgan fingerprint density at radius 2 is 1.50 bits per heavy atom. The molecule has 0 radical (unpaired) electrons. The predicted molar refractivity (Wildman–Crippen MR) is 87.6 cm³/mol. The molecule has 110 valence electrons. The smallest absolute Gasteiger partial charge is 0.258 e. The number of carbonyl (C=O) groups excluding carboxylic acids is 2. The van der Waals surface area contributed by atoms with Gasteiger partial charge in [0.1, 0.15) is 0 Å². The second-order valence-corrected chi connectivity index (χ2v) is 5.37. The van der Waals surface area contributed by atoms with E-state index >= 15 is 0 Å². The van der Waals surface area contributed by atoms with Crippen LogP contribution in [0.5, 0.6) is 0 Å². The van der Waals surface area contributed by atoms with Crippen LogP contribution in [0.1, 0.15) is 21.5 Å². The van der Waals surface area contributed by atoms with E-state index in [9.17, 15) is 9.59 Å². The zero-order valence-corrected chi connectivity index (χ0v) is 12.5. The molecule has 1 aliphatic heterocycles. The standard InChI is InChI=1S/C18H16N2O2/c1-20(2)13-9-7-12(8-10-13)11-16-14-5-3-4-6-15(14)17(21)19-18(16)22/h3-11H,1-2H3,(H,19,21,22)/b16-11-. The monoisotopic (exact) mass is 292 g/mol. The number of hydrogen-bond acceptors (Lipinski definition) is 3. The van der Waals surface area contributed by atoms with Crippen LogP contribution in [0, 0.1) is 0 Å². The highest BCUT2D eigenvalue weighted by molar-refractivity contribution is 6.33. The Morgan fingerprint density at radius 1 is 0.864 bits per heavy atom. The molecule has 1 N–H and O–H groups in total. The molecule has 0 saturated carbocycles. The zero-order valence-electron chi connectivity index (χ0n) is 12.5. The van der Waals surface area contributed by atoms with Gasteiger partial charge in [-0.3, -0.25) is 14.9 Å². The fourth-order valence-corrected chi connectivity index (χ4v) is 2.45. The first-order valence-corrected chi connectivity index (χ1v) is 7.00. The summed E-state index contributed by atoms with van der Waals surface area (Å²) in [5, 5.41) is 2.38. The lowest BCUT2D eigenvalue weighted by atomic mass is 9.93. The quantitative estimate of drug-likeness (QED) is 0.683. The number of hydrogen-bond donors (Lipinski definition) is 1. The Morgan fingerprint density at radius 3 is 2.14 bits per heavy atom. The van der Waals surface area contributed by atoms with Gasteiger partial charge in [-0.05, 0) is 35.4 Å². The number of benzene rings is 2. The summed E-state index contributed by atoms with van der Waals surface area (Å²) in [4.78, 5) is 26.0. The normalized spacial score (nSPS) is 15.5. The number of amides is 2. The molecular weight excluding hydrogens is 276 g/mol. The van der Waals surface area contributed by atoms with Crippen LogP contribution in [0.25, 0.3) is 11.6 Å². The molecule has 0 bridgehead atoms. The van der Waals surface area contributed by atoms with Gasteiger partial charge < -0.3 is 4.90 Å². The number of fused-ring (bicyclic) bond motifs is 1. The van der Waals surface area contributed by atoms with Gasteiger partial charge in [0.05, 0.1) is 0 Å². The van der Waals surface area contributed by atoms with Gasteiger partial charge in [0.25, 0.3) is 11.8 Å². The molecule has 0 saturated heterocycles. The Balaban J connectivity index is 2.05. The molecule has 3 rings (SSSR count). The first-order valence-electron chi connectivity index (χ1n) is 7.00. The van der Waals surface area contributed by atoms with Crippen molar-refractivity contribution in [1.29, 1.82) is 0 Å². The molecule has 2 aromatic carbocycles. The molecular formula is C18H16N2O2. The molecule has 0 aromatic heterocycles. The van der Waals surface area contributed by atoms with Crippen molar-refractivity contribution in [2.75, 3.05) is 19.0 Å². The third-order valence-corrected chi connectivity index (χ3v) is 3.65. The molecule has 4 heteroatoms. The fourth-order valence-electron chi connectivity index (χ4n) is 2.45. The maximum atomic E-state index is 12.1. The minimum Gasteiger partial charge on any atom is -0.378 e. The Bertz CT molecular complexity index is 774. The largest absolute Gasteiger partial charge is 0.378 e. The lowest BCUT2D eigenvalue weighted by Crippen LogP contribution is -2.36.